The summed E-state index contributed by atoms with van der Waals surface area (Å²) in [6.07, 6.45) is 6.00. The fraction of sp³-hybridized carbons (Fsp3) is 0.200. The number of benzene rings is 1. The number of carbonyl (C=O) groups excluding carboxylic acids is 3. The second kappa shape index (κ2) is 8.98. The number of anilines is 1. The van der Waals surface area contributed by atoms with Crippen LogP contribution in [0.2, 0.25) is 0 Å². The smallest absolute Gasteiger partial charge is 0.295 e. The molecule has 0 spiro atoms. The van der Waals surface area contributed by atoms with Crippen molar-refractivity contribution >= 4 is 34.3 Å². The average Bonchev–Trinajstić information content (AvgIpc) is 3.33. The third-order valence-electron chi connectivity index (χ3n) is 6.15. The largest absolute Gasteiger partial charge is 0.382 e. The van der Waals surface area contributed by atoms with E-state index in [1.807, 2.05) is 25.1 Å². The number of amides is 2. The molecule has 5 rings (SSSR count). The number of nitrogens with one attached hydrogen (secondary N) is 1. The first kappa shape index (κ1) is 22.2. The number of rotatable bonds is 4. The van der Waals surface area contributed by atoms with Crippen molar-refractivity contribution in [1.82, 2.24) is 29.7 Å². The van der Waals surface area contributed by atoms with Gasteiger partial charge in [-0.1, -0.05) is 18.2 Å². The zero-order chi connectivity index (χ0) is 24.5. The second-order valence-corrected chi connectivity index (χ2v) is 8.40. The number of hydrogen-bond acceptors (Lipinski definition) is 7. The number of nitrogen functional groups attached to an aromatic ring is 1. The molecule has 10 nitrogen and oxygen atoms in total. The van der Waals surface area contributed by atoms with Crippen LogP contribution in [0.1, 0.15) is 27.6 Å². The van der Waals surface area contributed by atoms with E-state index in [0.717, 1.165) is 0 Å². The van der Waals surface area contributed by atoms with Gasteiger partial charge in [0.15, 0.2) is 0 Å². The number of carbonyl (C=O) groups is 3. The molecule has 2 amide bonds. The molecule has 1 fully saturated rings. The van der Waals surface area contributed by atoms with Crippen LogP contribution >= 0.6 is 0 Å². The lowest BCUT2D eigenvalue weighted by molar-refractivity contribution is -0.130. The number of nitrogens with zero attached hydrogens (tertiary/aromatic N) is 5. The molecule has 0 radical (unpaired) electrons. The van der Waals surface area contributed by atoms with Crippen LogP contribution in [0.3, 0.4) is 0 Å². The summed E-state index contributed by atoms with van der Waals surface area (Å²) in [5.74, 6) is -1.02. The predicted octanol–water partition coefficient (Wildman–Crippen LogP) is 2.16. The van der Waals surface area contributed by atoms with E-state index < -0.39 is 11.7 Å². The van der Waals surface area contributed by atoms with Gasteiger partial charge in [-0.2, -0.15) is 0 Å². The van der Waals surface area contributed by atoms with Crippen LogP contribution in [0.25, 0.3) is 22.3 Å². The summed E-state index contributed by atoms with van der Waals surface area (Å²) in [7, 11) is 0. The van der Waals surface area contributed by atoms with Crippen LogP contribution in [-0.2, 0) is 4.79 Å². The highest BCUT2D eigenvalue weighted by atomic mass is 16.2. The second-order valence-electron chi connectivity index (χ2n) is 8.40. The van der Waals surface area contributed by atoms with Crippen molar-refractivity contribution in [3.8, 4) is 11.4 Å². The Morgan fingerprint density at radius 1 is 1.03 bits per heavy atom. The molecule has 1 saturated heterocycles. The summed E-state index contributed by atoms with van der Waals surface area (Å²) >= 11 is 0. The van der Waals surface area contributed by atoms with E-state index in [1.165, 1.54) is 23.5 Å². The highest BCUT2D eigenvalue weighted by Gasteiger charge is 2.34. The summed E-state index contributed by atoms with van der Waals surface area (Å²) < 4.78 is 0. The Bertz CT molecular complexity index is 1420. The Morgan fingerprint density at radius 3 is 2.54 bits per heavy atom. The molecular formula is C25H23N7O3. The Kier molecular flexibility index (Phi) is 5.69. The topological polar surface area (TPSA) is 138 Å². The summed E-state index contributed by atoms with van der Waals surface area (Å²) in [6.45, 7) is 2.83. The van der Waals surface area contributed by atoms with Gasteiger partial charge in [0.05, 0.1) is 23.5 Å². The van der Waals surface area contributed by atoms with Gasteiger partial charge >= 0.3 is 0 Å². The lowest BCUT2D eigenvalue weighted by Gasteiger charge is -2.39. The molecule has 0 aliphatic carbocycles. The first-order chi connectivity index (χ1) is 16.9. The Morgan fingerprint density at radius 2 is 1.83 bits per heavy atom. The van der Waals surface area contributed by atoms with Crippen molar-refractivity contribution in [2.24, 2.45) is 0 Å². The van der Waals surface area contributed by atoms with Gasteiger partial charge in [0.25, 0.3) is 17.6 Å². The van der Waals surface area contributed by atoms with Crippen molar-refractivity contribution in [2.75, 3.05) is 25.4 Å². The molecule has 1 aromatic carbocycles. The quantitative estimate of drug-likeness (QED) is 0.345. The van der Waals surface area contributed by atoms with Gasteiger partial charge in [-0.15, -0.1) is 0 Å². The van der Waals surface area contributed by atoms with E-state index in [-0.39, 0.29) is 29.9 Å². The molecule has 1 atom stereocenters. The summed E-state index contributed by atoms with van der Waals surface area (Å²) in [6, 6.07) is 10.4. The monoisotopic (exact) mass is 469 g/mol. The van der Waals surface area contributed by atoms with Crippen LogP contribution < -0.4 is 5.73 Å². The van der Waals surface area contributed by atoms with Gasteiger partial charge in [0, 0.05) is 49.0 Å². The molecule has 176 valence electrons. The van der Waals surface area contributed by atoms with Crippen molar-refractivity contribution in [2.45, 2.75) is 13.0 Å². The summed E-state index contributed by atoms with van der Waals surface area (Å²) in [5.41, 5.74) is 8.05. The molecular weight excluding hydrogens is 446 g/mol. The van der Waals surface area contributed by atoms with E-state index in [1.54, 1.807) is 29.3 Å². The van der Waals surface area contributed by atoms with E-state index in [4.69, 9.17) is 5.73 Å². The molecule has 1 aliphatic heterocycles. The highest BCUT2D eigenvalue weighted by Crippen LogP contribution is 2.27. The Balaban J connectivity index is 1.35. The minimum Gasteiger partial charge on any atom is -0.382 e. The number of fused-ring (bicyclic) bond motifs is 1. The van der Waals surface area contributed by atoms with Crippen LogP contribution in [0.15, 0.2) is 61.2 Å². The molecule has 3 N–H and O–H groups in total. The van der Waals surface area contributed by atoms with Gasteiger partial charge in [0.2, 0.25) is 0 Å². The molecule has 4 heterocycles. The molecule has 0 saturated carbocycles. The maximum atomic E-state index is 13.2. The van der Waals surface area contributed by atoms with Gasteiger partial charge in [-0.05, 0) is 25.1 Å². The fourth-order valence-electron chi connectivity index (χ4n) is 4.35. The molecule has 0 unspecified atom stereocenters. The van der Waals surface area contributed by atoms with Crippen LogP contribution in [0, 0.1) is 0 Å². The first-order valence-corrected chi connectivity index (χ1v) is 11.2. The van der Waals surface area contributed by atoms with Crippen molar-refractivity contribution in [3.05, 3.63) is 72.3 Å². The number of nitrogens with two attached hydrogens (primary N) is 1. The summed E-state index contributed by atoms with van der Waals surface area (Å²) in [4.78, 5) is 58.2. The minimum atomic E-state index is -0.619. The molecule has 3 aromatic heterocycles. The number of H-pyrrole nitrogens is 1. The molecule has 1 aliphatic rings. The van der Waals surface area contributed by atoms with Crippen LogP contribution in [0.4, 0.5) is 5.82 Å². The number of ketones is 1. The van der Waals surface area contributed by atoms with Gasteiger partial charge < -0.3 is 20.5 Å². The minimum absolute atomic E-state index is 0.0849. The standard InChI is InChI=1S/C25H23N7O3/c1-15-14-31(24(34)16-5-3-2-4-6-16)9-10-32(15)25(35)23(33)18-11-30-21-17(18)7-8-27-22(21)19-12-29-20(26)13-28-19/h2-8,11-13,15,30H,9-10,14H2,1H3,(H2,26,29)/t15-/m1/s1. The summed E-state index contributed by atoms with van der Waals surface area (Å²) in [5, 5.41) is 0.567. The van der Waals surface area contributed by atoms with Crippen LogP contribution in [0.5, 0.6) is 0 Å². The number of pyridine rings is 1. The normalized spacial score (nSPS) is 15.9. The zero-order valence-corrected chi connectivity index (χ0v) is 19.0. The number of piperazine rings is 1. The lowest BCUT2D eigenvalue weighted by Crippen LogP contribution is -2.56. The zero-order valence-electron chi connectivity index (χ0n) is 19.0. The first-order valence-electron chi connectivity index (χ1n) is 11.2. The highest BCUT2D eigenvalue weighted by molar-refractivity contribution is 6.45. The van der Waals surface area contributed by atoms with E-state index >= 15 is 0 Å². The molecule has 10 heteroatoms. The van der Waals surface area contributed by atoms with E-state index in [0.29, 0.717) is 40.9 Å². The molecule has 35 heavy (non-hydrogen) atoms. The Labute approximate surface area is 200 Å². The van der Waals surface area contributed by atoms with Gasteiger partial charge in [-0.3, -0.25) is 19.4 Å². The molecule has 0 bridgehead atoms. The number of hydrogen-bond donors (Lipinski definition) is 2. The van der Waals surface area contributed by atoms with E-state index in [2.05, 4.69) is 19.9 Å². The maximum absolute atomic E-state index is 13.2. The third-order valence-corrected chi connectivity index (χ3v) is 6.15. The molecule has 4 aromatic rings. The number of aromatic nitrogens is 4. The van der Waals surface area contributed by atoms with Gasteiger partial charge in [-0.25, -0.2) is 9.97 Å². The average molecular weight is 470 g/mol. The van der Waals surface area contributed by atoms with E-state index in [9.17, 15) is 14.4 Å². The fourth-order valence-corrected chi connectivity index (χ4v) is 4.35. The number of aromatic amines is 1. The third kappa shape index (κ3) is 4.10. The predicted molar refractivity (Wildman–Crippen MR) is 129 cm³/mol. The number of Topliss-reactive ketones (excluding diaryl/α,β-unsaturated/α-hetero) is 1. The SMILES string of the molecule is C[C@@H]1CN(C(=O)c2ccccc2)CCN1C(=O)C(=O)c1c[nH]c2c(-c3cnc(N)cn3)nccc12. The Hall–Kier alpha value is -4.60. The van der Waals surface area contributed by atoms with Crippen LogP contribution in [-0.4, -0.2) is 73.0 Å². The van der Waals surface area contributed by atoms with Crippen molar-refractivity contribution in [3.63, 3.8) is 0 Å². The van der Waals surface area contributed by atoms with Crippen molar-refractivity contribution < 1.29 is 14.4 Å². The maximum Gasteiger partial charge on any atom is 0.295 e. The van der Waals surface area contributed by atoms with Gasteiger partial charge in [0.1, 0.15) is 17.2 Å². The lowest BCUT2D eigenvalue weighted by atomic mass is 10.1. The van der Waals surface area contributed by atoms with Crippen molar-refractivity contribution in [1.29, 1.82) is 0 Å².